The Morgan fingerprint density at radius 3 is 2.02 bits per heavy atom. The van der Waals surface area contributed by atoms with Crippen molar-refractivity contribution in [1.82, 2.24) is 8.61 Å². The molecule has 4 rings (SSSR count). The molecule has 0 fully saturated rings. The van der Waals surface area contributed by atoms with Gasteiger partial charge in [0.1, 0.15) is 6.04 Å². The molecule has 1 unspecified atom stereocenters. The minimum Gasteiger partial charge on any atom is -0.324 e. The molecule has 8 nitrogen and oxygen atoms in total. The number of anilines is 1. The Morgan fingerprint density at radius 1 is 0.854 bits per heavy atom. The highest BCUT2D eigenvalue weighted by molar-refractivity contribution is 7.89. The van der Waals surface area contributed by atoms with Gasteiger partial charge in [0, 0.05) is 25.3 Å². The SMILES string of the molecule is CCN(CC)S(=O)(=O)c1ccc(C)c(NC(=O)C2Cc3ccccc3CN2S(=O)(=O)c2c(C)c(C)cc(C)c2C)c1. The number of carbonyl (C=O) groups is 1. The van der Waals surface area contributed by atoms with Crippen molar-refractivity contribution in [1.29, 1.82) is 0 Å². The fourth-order valence-electron chi connectivity index (χ4n) is 5.48. The summed E-state index contributed by atoms with van der Waals surface area (Å²) in [6.07, 6.45) is 0.195. The summed E-state index contributed by atoms with van der Waals surface area (Å²) in [5.41, 5.74) is 5.82. The van der Waals surface area contributed by atoms with Crippen LogP contribution in [0.2, 0.25) is 0 Å². The number of nitrogens with zero attached hydrogens (tertiary/aromatic N) is 2. The van der Waals surface area contributed by atoms with Crippen LogP contribution in [-0.4, -0.2) is 50.5 Å². The summed E-state index contributed by atoms with van der Waals surface area (Å²) in [5, 5.41) is 2.88. The lowest BCUT2D eigenvalue weighted by Crippen LogP contribution is -2.50. The predicted molar refractivity (Wildman–Crippen MR) is 162 cm³/mol. The summed E-state index contributed by atoms with van der Waals surface area (Å²) >= 11 is 0. The van der Waals surface area contributed by atoms with E-state index in [1.54, 1.807) is 40.7 Å². The molecule has 0 aliphatic carbocycles. The molecule has 0 saturated carbocycles. The van der Waals surface area contributed by atoms with Gasteiger partial charge < -0.3 is 5.32 Å². The van der Waals surface area contributed by atoms with Crippen molar-refractivity contribution in [2.24, 2.45) is 0 Å². The molecule has 1 atom stereocenters. The van der Waals surface area contributed by atoms with Crippen LogP contribution in [0.25, 0.3) is 0 Å². The van der Waals surface area contributed by atoms with Crippen molar-refractivity contribution in [2.45, 2.75) is 77.3 Å². The van der Waals surface area contributed by atoms with Crippen molar-refractivity contribution in [3.63, 3.8) is 0 Å². The van der Waals surface area contributed by atoms with E-state index in [2.05, 4.69) is 5.32 Å². The van der Waals surface area contributed by atoms with Gasteiger partial charge in [-0.1, -0.05) is 50.2 Å². The third-order valence-corrected chi connectivity index (χ3v) is 12.4. The van der Waals surface area contributed by atoms with E-state index in [9.17, 15) is 21.6 Å². The molecule has 10 heteroatoms. The monoisotopic (exact) mass is 597 g/mol. The van der Waals surface area contributed by atoms with Crippen LogP contribution in [0.5, 0.6) is 0 Å². The first-order valence-electron chi connectivity index (χ1n) is 13.8. The van der Waals surface area contributed by atoms with Gasteiger partial charge in [-0.05, 0) is 92.1 Å². The molecule has 1 amide bonds. The van der Waals surface area contributed by atoms with E-state index in [-0.39, 0.29) is 22.8 Å². The molecule has 0 saturated heterocycles. The van der Waals surface area contributed by atoms with E-state index in [0.717, 1.165) is 22.3 Å². The maximum atomic E-state index is 14.4. The molecule has 3 aromatic rings. The summed E-state index contributed by atoms with van der Waals surface area (Å²) < 4.78 is 57.7. The second-order valence-corrected chi connectivity index (χ2v) is 14.4. The van der Waals surface area contributed by atoms with Gasteiger partial charge in [-0.25, -0.2) is 16.8 Å². The Kier molecular flexibility index (Phi) is 8.80. The van der Waals surface area contributed by atoms with Gasteiger partial charge in [0.2, 0.25) is 26.0 Å². The van der Waals surface area contributed by atoms with Gasteiger partial charge >= 0.3 is 0 Å². The number of benzene rings is 3. The standard InChI is InChI=1S/C31H39N3O5S2/c1-8-33(9-2)40(36,37)27-15-14-20(3)28(18-27)32-31(35)29-17-25-12-10-11-13-26(25)19-34(29)41(38,39)30-23(6)21(4)16-22(5)24(30)7/h10-16,18,29H,8-9,17,19H2,1-7H3,(H,32,35). The van der Waals surface area contributed by atoms with Gasteiger partial charge in [0.25, 0.3) is 0 Å². The number of hydrogen-bond donors (Lipinski definition) is 1. The predicted octanol–water partition coefficient (Wildman–Crippen LogP) is 5.01. The van der Waals surface area contributed by atoms with Gasteiger partial charge in [0.15, 0.2) is 0 Å². The van der Waals surface area contributed by atoms with E-state index in [1.807, 2.05) is 44.2 Å². The number of fused-ring (bicyclic) bond motifs is 1. The van der Waals surface area contributed by atoms with Crippen molar-refractivity contribution in [3.8, 4) is 0 Å². The minimum atomic E-state index is -4.09. The van der Waals surface area contributed by atoms with Crippen LogP contribution in [0.4, 0.5) is 5.69 Å². The lowest BCUT2D eigenvalue weighted by Gasteiger charge is -2.36. The third-order valence-electron chi connectivity index (χ3n) is 8.18. The Labute approximate surface area is 244 Å². The number of rotatable bonds is 8. The first-order chi connectivity index (χ1) is 19.2. The van der Waals surface area contributed by atoms with Crippen LogP contribution < -0.4 is 5.32 Å². The Bertz CT molecular complexity index is 1690. The number of sulfonamides is 2. The first kappa shape index (κ1) is 30.9. The number of hydrogen-bond acceptors (Lipinski definition) is 5. The topological polar surface area (TPSA) is 104 Å². The first-order valence-corrected chi connectivity index (χ1v) is 16.7. The highest BCUT2D eigenvalue weighted by Crippen LogP contribution is 2.35. The molecule has 1 aliphatic rings. The van der Waals surface area contributed by atoms with Crippen LogP contribution in [0.3, 0.4) is 0 Å². The summed E-state index contributed by atoms with van der Waals surface area (Å²) in [6.45, 7) is 13.4. The van der Waals surface area contributed by atoms with E-state index in [4.69, 9.17) is 0 Å². The quantitative estimate of drug-likeness (QED) is 0.393. The van der Waals surface area contributed by atoms with Crippen LogP contribution in [0.15, 0.2) is 58.3 Å². The molecule has 0 aromatic heterocycles. The van der Waals surface area contributed by atoms with Gasteiger partial charge in [-0.3, -0.25) is 4.79 Å². The van der Waals surface area contributed by atoms with E-state index in [0.29, 0.717) is 35.5 Å². The second-order valence-electron chi connectivity index (χ2n) is 10.7. The Morgan fingerprint density at radius 2 is 1.44 bits per heavy atom. The van der Waals surface area contributed by atoms with Crippen molar-refractivity contribution < 1.29 is 21.6 Å². The van der Waals surface area contributed by atoms with E-state index in [1.165, 1.54) is 20.7 Å². The van der Waals surface area contributed by atoms with Gasteiger partial charge in [-0.2, -0.15) is 8.61 Å². The zero-order chi connectivity index (χ0) is 30.3. The Hall–Kier alpha value is -3.05. The van der Waals surface area contributed by atoms with Crippen LogP contribution >= 0.6 is 0 Å². The molecule has 1 aliphatic heterocycles. The number of amides is 1. The molecule has 0 spiro atoms. The zero-order valence-electron chi connectivity index (χ0n) is 24.8. The summed E-state index contributed by atoms with van der Waals surface area (Å²) in [5.74, 6) is -0.511. The number of aryl methyl sites for hydroxylation is 3. The summed E-state index contributed by atoms with van der Waals surface area (Å²) in [7, 11) is -7.84. The van der Waals surface area contributed by atoms with Crippen LogP contribution in [-0.2, 0) is 37.8 Å². The Balaban J connectivity index is 1.78. The molecule has 0 radical (unpaired) electrons. The van der Waals surface area contributed by atoms with Crippen molar-refractivity contribution >= 4 is 31.6 Å². The molecule has 220 valence electrons. The molecular formula is C31H39N3O5S2. The van der Waals surface area contributed by atoms with E-state index >= 15 is 0 Å². The molecule has 1 N–H and O–H groups in total. The largest absolute Gasteiger partial charge is 0.324 e. The summed E-state index contributed by atoms with van der Waals surface area (Å²) in [4.78, 5) is 14.3. The lowest BCUT2D eigenvalue weighted by atomic mass is 9.95. The maximum absolute atomic E-state index is 14.4. The molecule has 41 heavy (non-hydrogen) atoms. The summed E-state index contributed by atoms with van der Waals surface area (Å²) in [6, 6.07) is 13.1. The van der Waals surface area contributed by atoms with Gasteiger partial charge in [0.05, 0.1) is 9.79 Å². The third kappa shape index (κ3) is 5.70. The minimum absolute atomic E-state index is 0.0534. The highest BCUT2D eigenvalue weighted by Gasteiger charge is 2.41. The molecule has 3 aromatic carbocycles. The maximum Gasteiger partial charge on any atom is 0.244 e. The number of carbonyl (C=O) groups excluding carboxylic acids is 1. The smallest absolute Gasteiger partial charge is 0.244 e. The zero-order valence-corrected chi connectivity index (χ0v) is 26.4. The van der Waals surface area contributed by atoms with Crippen LogP contribution in [0, 0.1) is 34.6 Å². The van der Waals surface area contributed by atoms with Crippen molar-refractivity contribution in [3.05, 3.63) is 87.5 Å². The van der Waals surface area contributed by atoms with Gasteiger partial charge in [-0.15, -0.1) is 0 Å². The lowest BCUT2D eigenvalue weighted by molar-refractivity contribution is -0.120. The fraction of sp³-hybridized carbons (Fsp3) is 0.387. The fourth-order valence-corrected chi connectivity index (χ4v) is 9.11. The average molecular weight is 598 g/mol. The van der Waals surface area contributed by atoms with Crippen molar-refractivity contribution in [2.75, 3.05) is 18.4 Å². The highest BCUT2D eigenvalue weighted by atomic mass is 32.2. The van der Waals surface area contributed by atoms with E-state index < -0.39 is 32.0 Å². The number of nitrogens with one attached hydrogen (secondary N) is 1. The molecule has 0 bridgehead atoms. The molecular weight excluding hydrogens is 558 g/mol. The normalized spacial score (nSPS) is 16.0. The van der Waals surface area contributed by atoms with Crippen LogP contribution in [0.1, 0.15) is 52.8 Å². The second kappa shape index (κ2) is 11.7. The average Bonchev–Trinajstić information content (AvgIpc) is 2.92. The molecule has 1 heterocycles.